The zero-order valence-electron chi connectivity index (χ0n) is 10.6. The molecule has 2 aliphatic rings. The molecule has 0 fully saturated rings. The first-order valence-electron chi connectivity index (χ1n) is 6.53. The lowest BCUT2D eigenvalue weighted by Gasteiger charge is -2.28. The van der Waals surface area contributed by atoms with Crippen LogP contribution < -0.4 is 5.32 Å². The lowest BCUT2D eigenvalue weighted by atomic mass is 10.1. The molecule has 1 atom stereocenters. The largest absolute Gasteiger partial charge is 0.373 e. The highest BCUT2D eigenvalue weighted by atomic mass is 16.2. The van der Waals surface area contributed by atoms with Gasteiger partial charge in [0.05, 0.1) is 0 Å². The van der Waals surface area contributed by atoms with Crippen molar-refractivity contribution in [1.82, 2.24) is 4.90 Å². The molecule has 3 rings (SSSR count). The molecule has 0 bridgehead atoms. The summed E-state index contributed by atoms with van der Waals surface area (Å²) in [5, 5.41) is 3.33. The van der Waals surface area contributed by atoms with Gasteiger partial charge in [-0.25, -0.2) is 0 Å². The van der Waals surface area contributed by atoms with E-state index in [1.807, 2.05) is 23.1 Å². The maximum Gasteiger partial charge on any atom is 0.245 e. The Bertz CT molecular complexity index is 482. The second-order valence-electron chi connectivity index (χ2n) is 5.14. The number of hydrogen-bond donors (Lipinski definition) is 1. The van der Waals surface area contributed by atoms with Gasteiger partial charge < -0.3 is 10.2 Å². The third kappa shape index (κ3) is 2.01. The highest BCUT2D eigenvalue weighted by Crippen LogP contribution is 2.26. The minimum Gasteiger partial charge on any atom is -0.373 e. The summed E-state index contributed by atoms with van der Waals surface area (Å²) in [7, 11) is 0. The number of para-hydroxylation sites is 1. The van der Waals surface area contributed by atoms with E-state index < -0.39 is 0 Å². The van der Waals surface area contributed by atoms with Crippen molar-refractivity contribution in [3.63, 3.8) is 0 Å². The van der Waals surface area contributed by atoms with Crippen LogP contribution >= 0.6 is 0 Å². The van der Waals surface area contributed by atoms with Gasteiger partial charge in [0.2, 0.25) is 5.91 Å². The van der Waals surface area contributed by atoms with Gasteiger partial charge in [0.25, 0.3) is 0 Å². The Morgan fingerprint density at radius 1 is 1.39 bits per heavy atom. The Kier molecular flexibility index (Phi) is 2.82. The molecule has 0 aliphatic carbocycles. The van der Waals surface area contributed by atoms with Gasteiger partial charge in [0.15, 0.2) is 0 Å². The van der Waals surface area contributed by atoms with Gasteiger partial charge in [0, 0.05) is 25.2 Å². The van der Waals surface area contributed by atoms with Crippen molar-refractivity contribution < 1.29 is 4.79 Å². The molecule has 2 heterocycles. The predicted molar refractivity (Wildman–Crippen MR) is 72.5 cm³/mol. The Labute approximate surface area is 107 Å². The SMILES string of the molecule is CC1=CCN(C(=O)C2Cc3ccccc3N2)CC1. The molecule has 0 spiro atoms. The van der Waals surface area contributed by atoms with Crippen molar-refractivity contribution in [1.29, 1.82) is 0 Å². The van der Waals surface area contributed by atoms with Gasteiger partial charge in [-0.05, 0) is 25.0 Å². The monoisotopic (exact) mass is 242 g/mol. The average molecular weight is 242 g/mol. The first-order chi connectivity index (χ1) is 8.74. The van der Waals surface area contributed by atoms with E-state index in [4.69, 9.17) is 0 Å². The predicted octanol–water partition coefficient (Wildman–Crippen LogP) is 2.20. The molecule has 0 radical (unpaired) electrons. The van der Waals surface area contributed by atoms with Gasteiger partial charge in [-0.2, -0.15) is 0 Å². The summed E-state index contributed by atoms with van der Waals surface area (Å²) in [5.41, 5.74) is 3.75. The Morgan fingerprint density at radius 3 is 2.94 bits per heavy atom. The third-order valence-electron chi connectivity index (χ3n) is 3.82. The molecule has 94 valence electrons. The normalized spacial score (nSPS) is 22.2. The van der Waals surface area contributed by atoms with Crippen molar-refractivity contribution >= 4 is 11.6 Å². The fraction of sp³-hybridized carbons (Fsp3) is 0.400. The van der Waals surface area contributed by atoms with Crippen molar-refractivity contribution in [2.75, 3.05) is 18.4 Å². The number of anilines is 1. The maximum atomic E-state index is 12.4. The fourth-order valence-corrected chi connectivity index (χ4v) is 2.64. The number of benzene rings is 1. The van der Waals surface area contributed by atoms with Gasteiger partial charge in [0.1, 0.15) is 6.04 Å². The van der Waals surface area contributed by atoms with E-state index >= 15 is 0 Å². The number of carbonyl (C=O) groups excluding carboxylic acids is 1. The average Bonchev–Trinajstić information content (AvgIpc) is 2.82. The molecular weight excluding hydrogens is 224 g/mol. The molecule has 3 heteroatoms. The molecule has 1 amide bonds. The second kappa shape index (κ2) is 4.48. The van der Waals surface area contributed by atoms with Gasteiger partial charge in [-0.3, -0.25) is 4.79 Å². The Balaban J connectivity index is 1.69. The van der Waals surface area contributed by atoms with Crippen LogP contribution in [0.3, 0.4) is 0 Å². The van der Waals surface area contributed by atoms with Gasteiger partial charge in [-0.1, -0.05) is 29.8 Å². The highest BCUT2D eigenvalue weighted by molar-refractivity contribution is 5.87. The van der Waals surface area contributed by atoms with E-state index in [-0.39, 0.29) is 11.9 Å². The first-order valence-corrected chi connectivity index (χ1v) is 6.53. The van der Waals surface area contributed by atoms with Crippen LogP contribution in [0.1, 0.15) is 18.9 Å². The first kappa shape index (κ1) is 11.3. The molecule has 1 N–H and O–H groups in total. The van der Waals surface area contributed by atoms with E-state index in [2.05, 4.69) is 24.4 Å². The van der Waals surface area contributed by atoms with Crippen molar-refractivity contribution in [3.05, 3.63) is 41.5 Å². The van der Waals surface area contributed by atoms with Crippen LogP contribution in [-0.2, 0) is 11.2 Å². The van der Waals surface area contributed by atoms with Gasteiger partial charge >= 0.3 is 0 Å². The van der Waals surface area contributed by atoms with Crippen molar-refractivity contribution in [2.45, 2.75) is 25.8 Å². The molecule has 18 heavy (non-hydrogen) atoms. The number of hydrogen-bond acceptors (Lipinski definition) is 2. The van der Waals surface area contributed by atoms with E-state index in [1.54, 1.807) is 0 Å². The van der Waals surface area contributed by atoms with Crippen molar-refractivity contribution in [3.8, 4) is 0 Å². The Morgan fingerprint density at radius 2 is 2.22 bits per heavy atom. The van der Waals surface area contributed by atoms with Crippen LogP contribution in [0, 0.1) is 0 Å². The quantitative estimate of drug-likeness (QED) is 0.766. The number of nitrogens with zero attached hydrogens (tertiary/aromatic N) is 1. The highest BCUT2D eigenvalue weighted by Gasteiger charge is 2.30. The summed E-state index contributed by atoms with van der Waals surface area (Å²) < 4.78 is 0. The Hall–Kier alpha value is -1.77. The number of rotatable bonds is 1. The molecule has 0 aromatic heterocycles. The third-order valence-corrected chi connectivity index (χ3v) is 3.82. The fourth-order valence-electron chi connectivity index (χ4n) is 2.64. The number of carbonyl (C=O) groups is 1. The van der Waals surface area contributed by atoms with Gasteiger partial charge in [-0.15, -0.1) is 0 Å². The van der Waals surface area contributed by atoms with E-state index in [1.165, 1.54) is 11.1 Å². The molecule has 0 saturated carbocycles. The zero-order valence-corrected chi connectivity index (χ0v) is 10.6. The maximum absolute atomic E-state index is 12.4. The number of fused-ring (bicyclic) bond motifs is 1. The van der Waals surface area contributed by atoms with E-state index in [0.29, 0.717) is 0 Å². The summed E-state index contributed by atoms with van der Waals surface area (Å²) in [6, 6.07) is 8.10. The summed E-state index contributed by atoms with van der Waals surface area (Å²) in [6.45, 7) is 3.75. The van der Waals surface area contributed by atoms with Crippen molar-refractivity contribution in [2.24, 2.45) is 0 Å². The molecule has 2 aliphatic heterocycles. The molecule has 1 aromatic rings. The molecule has 0 saturated heterocycles. The van der Waals surface area contributed by atoms with Crippen LogP contribution in [0.5, 0.6) is 0 Å². The van der Waals surface area contributed by atoms with Crippen LogP contribution in [0.25, 0.3) is 0 Å². The topological polar surface area (TPSA) is 32.3 Å². The van der Waals surface area contributed by atoms with E-state index in [0.717, 1.165) is 31.6 Å². The summed E-state index contributed by atoms with van der Waals surface area (Å²) in [6.07, 6.45) is 3.98. The summed E-state index contributed by atoms with van der Waals surface area (Å²) >= 11 is 0. The lowest BCUT2D eigenvalue weighted by molar-refractivity contribution is -0.131. The number of nitrogens with one attached hydrogen (secondary N) is 1. The van der Waals surface area contributed by atoms with Crippen LogP contribution in [0.15, 0.2) is 35.9 Å². The summed E-state index contributed by atoms with van der Waals surface area (Å²) in [4.78, 5) is 14.4. The molecular formula is C15H18N2O. The molecule has 1 aromatic carbocycles. The zero-order chi connectivity index (χ0) is 12.5. The standard InChI is InChI=1S/C15H18N2O/c1-11-6-8-17(9-7-11)15(18)14-10-12-4-2-3-5-13(12)16-14/h2-6,14,16H,7-10H2,1H3. The summed E-state index contributed by atoms with van der Waals surface area (Å²) in [5.74, 6) is 0.231. The lowest BCUT2D eigenvalue weighted by Crippen LogP contribution is -2.43. The van der Waals surface area contributed by atoms with E-state index in [9.17, 15) is 4.79 Å². The van der Waals surface area contributed by atoms with Crippen LogP contribution in [0.2, 0.25) is 0 Å². The minimum absolute atomic E-state index is 0.0748. The minimum atomic E-state index is -0.0748. The van der Waals surface area contributed by atoms with Crippen LogP contribution in [0.4, 0.5) is 5.69 Å². The molecule has 1 unspecified atom stereocenters. The smallest absolute Gasteiger partial charge is 0.245 e. The number of amides is 1. The van der Waals surface area contributed by atoms with Crippen LogP contribution in [-0.4, -0.2) is 29.9 Å². The molecule has 3 nitrogen and oxygen atoms in total. The second-order valence-corrected chi connectivity index (χ2v) is 5.14.